The first-order valence-electron chi connectivity index (χ1n) is 8.49. The third kappa shape index (κ3) is 10.9. The summed E-state index contributed by atoms with van der Waals surface area (Å²) in [6.45, 7) is 6.86. The smallest absolute Gasteiger partial charge is 0.389 e. The lowest BCUT2D eigenvalue weighted by Crippen LogP contribution is -2.54. The van der Waals surface area contributed by atoms with Crippen molar-refractivity contribution in [2.24, 2.45) is 5.73 Å². The van der Waals surface area contributed by atoms with Crippen molar-refractivity contribution in [1.29, 1.82) is 0 Å². The van der Waals surface area contributed by atoms with Crippen LogP contribution in [0.5, 0.6) is 0 Å². The zero-order valence-corrected chi connectivity index (χ0v) is 16.5. The molecule has 0 saturated heterocycles. The second-order valence-electron chi connectivity index (χ2n) is 7.04. The van der Waals surface area contributed by atoms with Gasteiger partial charge in [-0.05, 0) is 40.7 Å². The molecule has 0 aromatic rings. The molecule has 0 aliphatic heterocycles. The van der Waals surface area contributed by atoms with Crippen molar-refractivity contribution in [3.63, 3.8) is 0 Å². The third-order valence-corrected chi connectivity index (χ3v) is 3.74. The minimum Gasteiger partial charge on any atom is -0.400 e. The van der Waals surface area contributed by atoms with Gasteiger partial charge in [-0.15, -0.1) is 0 Å². The molecular weight excluding hydrogens is 367 g/mol. The zero-order valence-electron chi connectivity index (χ0n) is 16.5. The fourth-order valence-corrected chi connectivity index (χ4v) is 1.85. The summed E-state index contributed by atoms with van der Waals surface area (Å²) in [5.41, 5.74) is 3.80. The van der Waals surface area contributed by atoms with E-state index in [4.69, 9.17) is 15.2 Å². The van der Waals surface area contributed by atoms with Gasteiger partial charge in [-0.1, -0.05) is 0 Å². The number of imide groups is 1. The standard InChI is InChI=1S/C17H30F3N3O4/c1-15(2,22-8-6-7-17(18,19)20)14(25)23-13(24)11-12(21)16(3,4)27-10-9-26-5/h11,22H,6-10,21H2,1-5H3,(H,23,24,25). The highest BCUT2D eigenvalue weighted by molar-refractivity contribution is 6.04. The van der Waals surface area contributed by atoms with Crippen LogP contribution in [0, 0.1) is 0 Å². The maximum atomic E-state index is 12.2. The Balaban J connectivity index is 4.62. The first kappa shape index (κ1) is 25.4. The molecule has 0 saturated carbocycles. The molecule has 0 aliphatic rings. The van der Waals surface area contributed by atoms with Crippen molar-refractivity contribution < 1.29 is 32.2 Å². The Bertz CT molecular complexity index is 532. The highest BCUT2D eigenvalue weighted by Gasteiger charge is 2.30. The number of amides is 2. The number of halogens is 3. The van der Waals surface area contributed by atoms with Crippen LogP contribution in [-0.2, 0) is 19.1 Å². The van der Waals surface area contributed by atoms with Gasteiger partial charge in [0.1, 0.15) is 5.60 Å². The molecule has 10 heteroatoms. The largest absolute Gasteiger partial charge is 0.400 e. The van der Waals surface area contributed by atoms with Gasteiger partial charge in [0.25, 0.3) is 5.91 Å². The van der Waals surface area contributed by atoms with Gasteiger partial charge in [-0.25, -0.2) is 0 Å². The summed E-state index contributed by atoms with van der Waals surface area (Å²) in [6.07, 6.45) is -4.32. The lowest BCUT2D eigenvalue weighted by molar-refractivity contribution is -0.135. The summed E-state index contributed by atoms with van der Waals surface area (Å²) in [4.78, 5) is 24.2. The fourth-order valence-electron chi connectivity index (χ4n) is 1.85. The molecule has 0 rings (SSSR count). The summed E-state index contributed by atoms with van der Waals surface area (Å²) in [5, 5.41) is 4.85. The Morgan fingerprint density at radius 1 is 1.11 bits per heavy atom. The maximum absolute atomic E-state index is 12.2. The Morgan fingerprint density at radius 3 is 2.22 bits per heavy atom. The summed E-state index contributed by atoms with van der Waals surface area (Å²) in [5.74, 6) is -1.42. The first-order valence-corrected chi connectivity index (χ1v) is 8.49. The van der Waals surface area contributed by atoms with Gasteiger partial charge in [0.05, 0.1) is 18.8 Å². The second kappa shape index (κ2) is 10.6. The van der Waals surface area contributed by atoms with E-state index >= 15 is 0 Å². The van der Waals surface area contributed by atoms with Gasteiger partial charge in [-0.3, -0.25) is 14.9 Å². The third-order valence-electron chi connectivity index (χ3n) is 3.74. The van der Waals surface area contributed by atoms with Crippen molar-refractivity contribution in [2.45, 2.75) is 57.9 Å². The van der Waals surface area contributed by atoms with Crippen LogP contribution in [-0.4, -0.2) is 56.0 Å². The fraction of sp³-hybridized carbons (Fsp3) is 0.765. The van der Waals surface area contributed by atoms with E-state index in [-0.39, 0.29) is 25.3 Å². The lowest BCUT2D eigenvalue weighted by atomic mass is 10.0. The number of ether oxygens (including phenoxy) is 2. The maximum Gasteiger partial charge on any atom is 0.389 e. The van der Waals surface area contributed by atoms with Gasteiger partial charge in [0.15, 0.2) is 0 Å². The molecule has 0 spiro atoms. The van der Waals surface area contributed by atoms with E-state index in [1.807, 2.05) is 0 Å². The molecule has 158 valence electrons. The highest BCUT2D eigenvalue weighted by Crippen LogP contribution is 2.21. The van der Waals surface area contributed by atoms with Gasteiger partial charge < -0.3 is 20.5 Å². The second-order valence-corrected chi connectivity index (χ2v) is 7.04. The van der Waals surface area contributed by atoms with E-state index in [0.29, 0.717) is 6.61 Å². The van der Waals surface area contributed by atoms with Crippen LogP contribution in [0.4, 0.5) is 13.2 Å². The molecule has 0 heterocycles. The van der Waals surface area contributed by atoms with Crippen molar-refractivity contribution in [2.75, 3.05) is 26.9 Å². The number of methoxy groups -OCH3 is 1. The number of rotatable bonds is 11. The molecule has 7 nitrogen and oxygen atoms in total. The molecule has 0 aliphatic carbocycles. The Hall–Kier alpha value is -1.65. The minimum atomic E-state index is -4.25. The number of alkyl halides is 3. The number of hydrogen-bond acceptors (Lipinski definition) is 6. The van der Waals surface area contributed by atoms with E-state index in [9.17, 15) is 22.8 Å². The summed E-state index contributed by atoms with van der Waals surface area (Å²) < 4.78 is 46.8. The molecule has 27 heavy (non-hydrogen) atoms. The van der Waals surface area contributed by atoms with Crippen molar-refractivity contribution >= 4 is 11.8 Å². The predicted octanol–water partition coefficient (Wildman–Crippen LogP) is 1.62. The summed E-state index contributed by atoms with van der Waals surface area (Å²) in [7, 11) is 1.52. The number of carbonyl (C=O) groups excluding carboxylic acids is 2. The quantitative estimate of drug-likeness (QED) is 0.362. The Kier molecular flexibility index (Phi) is 9.97. The van der Waals surface area contributed by atoms with Gasteiger partial charge in [0, 0.05) is 25.3 Å². The molecule has 0 fully saturated rings. The van der Waals surface area contributed by atoms with E-state index in [2.05, 4.69) is 10.6 Å². The van der Waals surface area contributed by atoms with E-state index in [0.717, 1.165) is 6.08 Å². The van der Waals surface area contributed by atoms with Crippen LogP contribution in [0.25, 0.3) is 0 Å². The van der Waals surface area contributed by atoms with Crippen LogP contribution >= 0.6 is 0 Å². The number of carbonyl (C=O) groups is 2. The van der Waals surface area contributed by atoms with Crippen molar-refractivity contribution in [3.8, 4) is 0 Å². The highest BCUT2D eigenvalue weighted by atomic mass is 19.4. The minimum absolute atomic E-state index is 0.0214. The normalized spacial score (nSPS) is 13.6. The van der Waals surface area contributed by atoms with Gasteiger partial charge in [0.2, 0.25) is 5.91 Å². The molecule has 0 atom stereocenters. The Labute approximate surface area is 157 Å². The van der Waals surface area contributed by atoms with Crippen LogP contribution in [0.1, 0.15) is 40.5 Å². The zero-order chi connectivity index (χ0) is 21.3. The average molecular weight is 397 g/mol. The summed E-state index contributed by atoms with van der Waals surface area (Å²) in [6, 6.07) is 0. The van der Waals surface area contributed by atoms with Crippen LogP contribution < -0.4 is 16.4 Å². The lowest BCUT2D eigenvalue weighted by Gasteiger charge is -2.26. The molecule has 0 bridgehead atoms. The number of hydrogen-bond donors (Lipinski definition) is 3. The monoisotopic (exact) mass is 397 g/mol. The molecular formula is C17H30F3N3O4. The molecule has 0 aromatic heterocycles. The summed E-state index contributed by atoms with van der Waals surface area (Å²) >= 11 is 0. The molecule has 0 aromatic carbocycles. The van der Waals surface area contributed by atoms with E-state index in [1.165, 1.54) is 21.0 Å². The van der Waals surface area contributed by atoms with E-state index < -0.39 is 35.6 Å². The SMILES string of the molecule is COCCOC(C)(C)C(N)=CC(=O)NC(=O)C(C)(C)NCCCC(F)(F)F. The average Bonchev–Trinajstić information content (AvgIpc) is 2.50. The molecule has 0 unspecified atom stereocenters. The Morgan fingerprint density at radius 2 is 1.70 bits per heavy atom. The number of nitrogens with one attached hydrogen (secondary N) is 2. The first-order chi connectivity index (χ1) is 12.2. The molecule has 2 amide bonds. The van der Waals surface area contributed by atoms with Crippen LogP contribution in [0.3, 0.4) is 0 Å². The van der Waals surface area contributed by atoms with E-state index in [1.54, 1.807) is 13.8 Å². The number of nitrogens with two attached hydrogens (primary N) is 1. The van der Waals surface area contributed by atoms with Crippen LogP contribution in [0.15, 0.2) is 11.8 Å². The van der Waals surface area contributed by atoms with Crippen molar-refractivity contribution in [1.82, 2.24) is 10.6 Å². The predicted molar refractivity (Wildman–Crippen MR) is 94.7 cm³/mol. The van der Waals surface area contributed by atoms with Crippen LogP contribution in [0.2, 0.25) is 0 Å². The topological polar surface area (TPSA) is 103 Å². The molecule has 4 N–H and O–H groups in total. The van der Waals surface area contributed by atoms with Gasteiger partial charge in [-0.2, -0.15) is 13.2 Å². The molecule has 0 radical (unpaired) electrons. The van der Waals surface area contributed by atoms with Crippen molar-refractivity contribution in [3.05, 3.63) is 11.8 Å². The van der Waals surface area contributed by atoms with Gasteiger partial charge >= 0.3 is 6.18 Å².